The van der Waals surface area contributed by atoms with E-state index in [0.717, 1.165) is 5.52 Å². The second-order valence-corrected chi connectivity index (χ2v) is 3.90. The Hall–Kier alpha value is -1.75. The van der Waals surface area contributed by atoms with Crippen molar-refractivity contribution in [3.05, 3.63) is 60.3 Å². The summed E-state index contributed by atoms with van der Waals surface area (Å²) in [4.78, 5) is 7.53. The summed E-state index contributed by atoms with van der Waals surface area (Å²) in [6.07, 6.45) is 3.32. The molecule has 1 aromatic carbocycles. The van der Waals surface area contributed by atoms with Crippen LogP contribution in [0.3, 0.4) is 0 Å². The minimum atomic E-state index is -0.387. The zero-order valence-electron chi connectivity index (χ0n) is 11.8. The molecule has 6 nitrogen and oxygen atoms in total. The van der Waals surface area contributed by atoms with E-state index in [2.05, 4.69) is 22.1 Å². The molecule has 8 heteroatoms. The van der Waals surface area contributed by atoms with E-state index < -0.39 is 0 Å². The molecule has 0 aliphatic carbocycles. The summed E-state index contributed by atoms with van der Waals surface area (Å²) in [6.45, 7) is 0. The van der Waals surface area contributed by atoms with E-state index in [1.165, 1.54) is 22.2 Å². The predicted molar refractivity (Wildman–Crippen MR) is 75.3 cm³/mol. The minimum Gasteiger partial charge on any atom is -1.00 e. The van der Waals surface area contributed by atoms with Gasteiger partial charge in [-0.05, 0) is 18.2 Å². The number of benzene rings is 1. The Balaban J connectivity index is 0. The molecule has 2 aromatic heterocycles. The van der Waals surface area contributed by atoms with Gasteiger partial charge in [0.1, 0.15) is 5.49 Å². The Morgan fingerprint density at radius 1 is 1.09 bits per heavy atom. The van der Waals surface area contributed by atoms with E-state index >= 15 is 0 Å². The van der Waals surface area contributed by atoms with E-state index in [1.54, 1.807) is 7.05 Å². The van der Waals surface area contributed by atoms with Crippen molar-refractivity contribution >= 4 is 10.9 Å². The Bertz CT molecular complexity index is 685. The van der Waals surface area contributed by atoms with Crippen LogP contribution in [0.4, 0.5) is 0 Å². The van der Waals surface area contributed by atoms with E-state index in [4.69, 9.17) is 5.41 Å². The first-order chi connectivity index (χ1) is 9.16. The maximum atomic E-state index is 10.6. The molecule has 0 atom stereocenters. The molecule has 3 rings (SSSR count). The van der Waals surface area contributed by atoms with E-state index in [0.29, 0.717) is 0 Å². The van der Waals surface area contributed by atoms with Gasteiger partial charge in [-0.2, -0.15) is 0 Å². The van der Waals surface area contributed by atoms with Gasteiger partial charge in [0, 0.05) is 24.8 Å². The topological polar surface area (TPSA) is 113 Å². The zero-order chi connectivity index (χ0) is 13.7. The maximum Gasteiger partial charge on any atom is 2.00 e. The Labute approximate surface area is 149 Å². The first-order valence-corrected chi connectivity index (χ1v) is 5.72. The summed E-state index contributed by atoms with van der Waals surface area (Å²) in [5.74, 6) is 0. The van der Waals surface area contributed by atoms with Gasteiger partial charge in [-0.3, -0.25) is 10.4 Å². The molecule has 0 bridgehead atoms. The fourth-order valence-corrected chi connectivity index (χ4v) is 1.48. The third-order valence-corrected chi connectivity index (χ3v) is 2.49. The standard InChI is InChI=1S/C9H7N.C5H7N3O.ClH.H3N.Pt/c1-2-6-9-8(4-1)5-3-7-10-9;1-8-3-2-4(6)7-5(8)9;;;/h1-7H;2-3H,1H3,(H2,6,7,9);1H;1H3;/q;;;;+2/p-2. The number of aromatic nitrogens is 3. The van der Waals surface area contributed by atoms with Gasteiger partial charge >= 0.3 is 21.1 Å². The molecule has 0 fully saturated rings. The van der Waals surface area contributed by atoms with Gasteiger partial charge in [0.2, 0.25) is 0 Å². The second kappa shape index (κ2) is 10.9. The molecule has 0 saturated carbocycles. The predicted octanol–water partition coefficient (Wildman–Crippen LogP) is -1.63. The van der Waals surface area contributed by atoms with Crippen molar-refractivity contribution in [1.29, 1.82) is 5.41 Å². The molecule has 0 radical (unpaired) electrons. The number of halogens is 1. The summed E-state index contributed by atoms with van der Waals surface area (Å²) in [6, 6.07) is 13.2. The van der Waals surface area contributed by atoms with E-state index in [1.807, 2.05) is 30.5 Å². The normalized spacial score (nSPS) is 8.41. The van der Waals surface area contributed by atoms with Gasteiger partial charge in [0.15, 0.2) is 0 Å². The number of para-hydroxylation sites is 1. The van der Waals surface area contributed by atoms with Crippen molar-refractivity contribution in [2.24, 2.45) is 7.05 Å². The molecule has 0 aliphatic heterocycles. The SMILES string of the molecule is Cn1ccc(=N)nc1[O-].N.[Cl-].[Pt+2].c1ccc2ncccc2c1. The Morgan fingerprint density at radius 3 is 2.32 bits per heavy atom. The van der Waals surface area contributed by atoms with Crippen LogP contribution in [0.25, 0.3) is 10.9 Å². The van der Waals surface area contributed by atoms with Crippen LogP contribution in [0, 0.1) is 5.41 Å². The molecule has 3 aromatic rings. The van der Waals surface area contributed by atoms with Gasteiger partial charge < -0.3 is 28.2 Å². The number of rotatable bonds is 0. The molecular weight excluding hydrogens is 485 g/mol. The molecule has 0 saturated heterocycles. The van der Waals surface area contributed by atoms with Crippen molar-refractivity contribution in [1.82, 2.24) is 20.7 Å². The van der Waals surface area contributed by atoms with Crippen molar-refractivity contribution in [2.75, 3.05) is 0 Å². The fourth-order valence-electron chi connectivity index (χ4n) is 1.48. The van der Waals surface area contributed by atoms with Gasteiger partial charge in [0.05, 0.1) is 11.5 Å². The minimum absolute atomic E-state index is 0. The number of nitrogens with one attached hydrogen (secondary N) is 1. The number of nitrogens with zero attached hydrogens (tertiary/aromatic N) is 3. The third-order valence-electron chi connectivity index (χ3n) is 2.49. The zero-order valence-corrected chi connectivity index (χ0v) is 14.9. The molecule has 2 heterocycles. The Kier molecular flexibility index (Phi) is 11.2. The quantitative estimate of drug-likeness (QED) is 0.386. The monoisotopic (exact) mass is 500 g/mol. The Morgan fingerprint density at radius 2 is 1.73 bits per heavy atom. The van der Waals surface area contributed by atoms with Gasteiger partial charge in [0.25, 0.3) is 0 Å². The smallest absolute Gasteiger partial charge is 1.00 e. The van der Waals surface area contributed by atoms with Gasteiger partial charge in [-0.25, -0.2) is 4.98 Å². The largest absolute Gasteiger partial charge is 2.00 e. The summed E-state index contributed by atoms with van der Waals surface area (Å²) in [5.41, 5.74) is 1.07. The average molecular weight is 501 g/mol. The van der Waals surface area contributed by atoms with Crippen LogP contribution in [0.1, 0.15) is 0 Å². The summed E-state index contributed by atoms with van der Waals surface area (Å²) in [5, 5.41) is 18.7. The third kappa shape index (κ3) is 6.35. The summed E-state index contributed by atoms with van der Waals surface area (Å²) in [7, 11) is 1.59. The number of fused-ring (bicyclic) bond motifs is 1. The first-order valence-electron chi connectivity index (χ1n) is 5.72. The number of hydrogen-bond acceptors (Lipinski definition) is 5. The first kappa shape index (κ1) is 22.5. The molecule has 0 aliphatic rings. The summed E-state index contributed by atoms with van der Waals surface area (Å²) >= 11 is 0. The van der Waals surface area contributed by atoms with E-state index in [9.17, 15) is 5.11 Å². The molecule has 0 spiro atoms. The molecule has 22 heavy (non-hydrogen) atoms. The van der Waals surface area contributed by atoms with Crippen LogP contribution in [0.5, 0.6) is 6.01 Å². The van der Waals surface area contributed by atoms with Crippen molar-refractivity contribution in [2.45, 2.75) is 0 Å². The average Bonchev–Trinajstić information content (AvgIpc) is 2.44. The van der Waals surface area contributed by atoms with Crippen LogP contribution < -0.4 is 29.2 Å². The number of hydrogen-bond donors (Lipinski definition) is 2. The van der Waals surface area contributed by atoms with Gasteiger partial charge in [-0.1, -0.05) is 24.3 Å². The molecular formula is C14H16ClN5OPt. The molecule has 0 unspecified atom stereocenters. The van der Waals surface area contributed by atoms with Crippen molar-refractivity contribution < 1.29 is 38.6 Å². The maximum absolute atomic E-state index is 10.6. The van der Waals surface area contributed by atoms with Crippen molar-refractivity contribution in [3.63, 3.8) is 0 Å². The number of aryl methyl sites for hydroxylation is 1. The molecule has 0 amide bonds. The van der Waals surface area contributed by atoms with E-state index in [-0.39, 0.29) is 51.1 Å². The molecule has 120 valence electrons. The van der Waals surface area contributed by atoms with Crippen LogP contribution in [-0.2, 0) is 28.1 Å². The molecule has 4 N–H and O–H groups in total. The second-order valence-electron chi connectivity index (χ2n) is 3.90. The summed E-state index contributed by atoms with van der Waals surface area (Å²) < 4.78 is 1.32. The van der Waals surface area contributed by atoms with Crippen LogP contribution in [0.2, 0.25) is 0 Å². The van der Waals surface area contributed by atoms with Crippen molar-refractivity contribution in [3.8, 4) is 6.01 Å². The van der Waals surface area contributed by atoms with Crippen LogP contribution in [0.15, 0.2) is 54.9 Å². The fraction of sp³-hybridized carbons (Fsp3) is 0.0714. The van der Waals surface area contributed by atoms with Crippen LogP contribution in [-0.4, -0.2) is 14.5 Å². The van der Waals surface area contributed by atoms with Crippen LogP contribution >= 0.6 is 0 Å². The van der Waals surface area contributed by atoms with Gasteiger partial charge in [-0.15, -0.1) is 0 Å². The number of pyridine rings is 1.